The van der Waals surface area contributed by atoms with E-state index in [1.165, 1.54) is 7.11 Å². The topological polar surface area (TPSA) is 82.3 Å². The van der Waals surface area contributed by atoms with E-state index in [0.717, 1.165) is 12.3 Å². The molecule has 1 heterocycles. The van der Waals surface area contributed by atoms with Crippen molar-refractivity contribution < 1.29 is 14.5 Å². The van der Waals surface area contributed by atoms with Gasteiger partial charge in [-0.25, -0.2) is 4.79 Å². The lowest BCUT2D eigenvalue weighted by Crippen LogP contribution is -2.06. The maximum atomic E-state index is 11.1. The van der Waals surface area contributed by atoms with Crippen molar-refractivity contribution in [3.63, 3.8) is 0 Å². The number of nitro groups is 1. The molecule has 0 aliphatic heterocycles. The summed E-state index contributed by atoms with van der Waals surface area (Å²) in [6, 6.07) is 1.15. The van der Waals surface area contributed by atoms with Gasteiger partial charge in [0, 0.05) is 6.07 Å². The zero-order valence-corrected chi connectivity index (χ0v) is 7.68. The van der Waals surface area contributed by atoms with Crippen molar-refractivity contribution in [2.24, 2.45) is 0 Å². The highest BCUT2D eigenvalue weighted by atomic mass is 16.6. The van der Waals surface area contributed by atoms with Crippen LogP contribution in [0.4, 0.5) is 5.69 Å². The summed E-state index contributed by atoms with van der Waals surface area (Å²) < 4.78 is 4.45. The molecule has 6 heteroatoms. The van der Waals surface area contributed by atoms with Crippen LogP contribution in [-0.2, 0) is 4.74 Å². The summed E-state index contributed by atoms with van der Waals surface area (Å²) in [6.07, 6.45) is 1.10. The third-order valence-corrected chi connectivity index (χ3v) is 1.69. The molecule has 0 saturated heterocycles. The van der Waals surface area contributed by atoms with Crippen LogP contribution in [0.25, 0.3) is 0 Å². The molecule has 0 fully saturated rings. The number of rotatable bonds is 2. The molecule has 6 nitrogen and oxygen atoms in total. The smallest absolute Gasteiger partial charge is 0.339 e. The minimum Gasteiger partial charge on any atom is -0.465 e. The molecule has 0 amide bonds. The van der Waals surface area contributed by atoms with Crippen molar-refractivity contribution >= 4 is 11.7 Å². The summed E-state index contributed by atoms with van der Waals surface area (Å²) in [5.74, 6) is -0.626. The number of pyridine rings is 1. The molecule has 1 aromatic rings. The molecule has 0 aliphatic rings. The van der Waals surface area contributed by atoms with Gasteiger partial charge >= 0.3 is 5.97 Å². The van der Waals surface area contributed by atoms with E-state index in [0.29, 0.717) is 5.69 Å². The molecule has 0 N–H and O–H groups in total. The summed E-state index contributed by atoms with van der Waals surface area (Å²) >= 11 is 0. The molecule has 0 saturated carbocycles. The fourth-order valence-electron chi connectivity index (χ4n) is 0.939. The molecule has 1 rings (SSSR count). The Morgan fingerprint density at radius 3 is 2.79 bits per heavy atom. The van der Waals surface area contributed by atoms with Gasteiger partial charge in [0.1, 0.15) is 6.20 Å². The number of methoxy groups -OCH3 is 1. The summed E-state index contributed by atoms with van der Waals surface area (Å²) in [6.45, 7) is 1.58. The number of carbonyl (C=O) groups is 1. The molecular formula is C8H8N2O4. The number of hydrogen-bond acceptors (Lipinski definition) is 5. The standard InChI is InChI=1S/C8H8N2O4/c1-5-7(8(11)14-2)3-6(4-9-5)10(12)13/h3-4H,1-2H3. The zero-order valence-electron chi connectivity index (χ0n) is 7.68. The van der Waals surface area contributed by atoms with Crippen molar-refractivity contribution in [3.8, 4) is 0 Å². The van der Waals surface area contributed by atoms with Crippen molar-refractivity contribution in [2.75, 3.05) is 7.11 Å². The lowest BCUT2D eigenvalue weighted by Gasteiger charge is -2.01. The fraction of sp³-hybridized carbons (Fsp3) is 0.250. The van der Waals surface area contributed by atoms with Crippen LogP contribution in [0.3, 0.4) is 0 Å². The second kappa shape index (κ2) is 3.82. The van der Waals surface area contributed by atoms with Gasteiger partial charge in [-0.15, -0.1) is 0 Å². The van der Waals surface area contributed by atoms with Crippen LogP contribution < -0.4 is 0 Å². The van der Waals surface area contributed by atoms with Crippen LogP contribution in [0.15, 0.2) is 12.3 Å². The number of nitrogens with zero attached hydrogens (tertiary/aromatic N) is 2. The lowest BCUT2D eigenvalue weighted by molar-refractivity contribution is -0.385. The maximum absolute atomic E-state index is 11.1. The number of carbonyl (C=O) groups excluding carboxylic acids is 1. The van der Waals surface area contributed by atoms with Crippen LogP contribution in [-0.4, -0.2) is 23.0 Å². The lowest BCUT2D eigenvalue weighted by atomic mass is 10.2. The van der Waals surface area contributed by atoms with Gasteiger partial charge in [0.15, 0.2) is 0 Å². The van der Waals surface area contributed by atoms with Gasteiger partial charge in [0.2, 0.25) is 0 Å². The highest BCUT2D eigenvalue weighted by Gasteiger charge is 2.15. The van der Waals surface area contributed by atoms with Gasteiger partial charge in [-0.1, -0.05) is 0 Å². The van der Waals surface area contributed by atoms with Crippen LogP contribution in [0.1, 0.15) is 16.1 Å². The van der Waals surface area contributed by atoms with Gasteiger partial charge in [-0.05, 0) is 6.92 Å². The number of hydrogen-bond donors (Lipinski definition) is 0. The van der Waals surface area contributed by atoms with Crippen LogP contribution >= 0.6 is 0 Å². The van der Waals surface area contributed by atoms with E-state index in [4.69, 9.17) is 0 Å². The van der Waals surface area contributed by atoms with Crippen LogP contribution in [0.2, 0.25) is 0 Å². The van der Waals surface area contributed by atoms with Crippen molar-refractivity contribution in [1.82, 2.24) is 4.98 Å². The normalized spacial score (nSPS) is 9.57. The Morgan fingerprint density at radius 1 is 1.64 bits per heavy atom. The van der Waals surface area contributed by atoms with Gasteiger partial charge in [-0.2, -0.15) is 0 Å². The summed E-state index contributed by atoms with van der Waals surface area (Å²) in [5, 5.41) is 10.4. The Bertz CT molecular complexity index is 389. The quantitative estimate of drug-likeness (QED) is 0.401. The molecule has 0 aromatic carbocycles. The second-order valence-electron chi connectivity index (χ2n) is 2.58. The van der Waals surface area contributed by atoms with Crippen molar-refractivity contribution in [1.29, 1.82) is 0 Å². The molecule has 0 unspecified atom stereocenters. The number of esters is 1. The SMILES string of the molecule is COC(=O)c1cc([N+](=O)[O-])cnc1C. The minimum atomic E-state index is -0.626. The minimum absolute atomic E-state index is 0.113. The third-order valence-electron chi connectivity index (χ3n) is 1.69. The van der Waals surface area contributed by atoms with Gasteiger partial charge in [-0.3, -0.25) is 15.1 Å². The van der Waals surface area contributed by atoms with E-state index >= 15 is 0 Å². The number of ether oxygens (including phenoxy) is 1. The van der Waals surface area contributed by atoms with E-state index in [2.05, 4.69) is 9.72 Å². The van der Waals surface area contributed by atoms with Gasteiger partial charge < -0.3 is 4.74 Å². The average Bonchev–Trinajstić information content (AvgIpc) is 2.17. The molecule has 14 heavy (non-hydrogen) atoms. The molecule has 0 aliphatic carbocycles. The first-order chi connectivity index (χ1) is 6.56. The summed E-state index contributed by atoms with van der Waals surface area (Å²) in [5.41, 5.74) is 0.292. The van der Waals surface area contributed by atoms with Crippen molar-refractivity contribution in [3.05, 3.63) is 33.6 Å². The summed E-state index contributed by atoms with van der Waals surface area (Å²) in [4.78, 5) is 24.6. The Balaban J connectivity index is 3.21. The Labute approximate surface area is 79.7 Å². The monoisotopic (exact) mass is 196 g/mol. The molecule has 0 radical (unpaired) electrons. The van der Waals surface area contributed by atoms with Crippen LogP contribution in [0.5, 0.6) is 0 Å². The van der Waals surface area contributed by atoms with Crippen LogP contribution in [0, 0.1) is 17.0 Å². The highest BCUT2D eigenvalue weighted by molar-refractivity contribution is 5.91. The number of aromatic nitrogens is 1. The average molecular weight is 196 g/mol. The Morgan fingerprint density at radius 2 is 2.29 bits per heavy atom. The summed E-state index contributed by atoms with van der Waals surface area (Å²) in [7, 11) is 1.21. The highest BCUT2D eigenvalue weighted by Crippen LogP contribution is 2.15. The largest absolute Gasteiger partial charge is 0.465 e. The number of aryl methyl sites for hydroxylation is 1. The molecule has 74 valence electrons. The second-order valence-corrected chi connectivity index (χ2v) is 2.58. The molecule has 0 bridgehead atoms. The molecule has 0 spiro atoms. The predicted molar refractivity (Wildman–Crippen MR) is 47.0 cm³/mol. The fourth-order valence-corrected chi connectivity index (χ4v) is 0.939. The molecule has 1 aromatic heterocycles. The first kappa shape index (κ1) is 10.1. The third kappa shape index (κ3) is 1.85. The molecule has 0 atom stereocenters. The maximum Gasteiger partial charge on any atom is 0.339 e. The van der Waals surface area contributed by atoms with E-state index in [9.17, 15) is 14.9 Å². The molecular weight excluding hydrogens is 188 g/mol. The van der Waals surface area contributed by atoms with Gasteiger partial charge in [0.05, 0.1) is 23.3 Å². The van der Waals surface area contributed by atoms with Gasteiger partial charge in [0.25, 0.3) is 5.69 Å². The van der Waals surface area contributed by atoms with E-state index < -0.39 is 10.9 Å². The van der Waals surface area contributed by atoms with Crippen molar-refractivity contribution in [2.45, 2.75) is 6.92 Å². The first-order valence-electron chi connectivity index (χ1n) is 3.75. The Hall–Kier alpha value is -1.98. The van der Waals surface area contributed by atoms with E-state index in [1.807, 2.05) is 0 Å². The van der Waals surface area contributed by atoms with E-state index in [1.54, 1.807) is 6.92 Å². The Kier molecular flexibility index (Phi) is 2.76. The first-order valence-corrected chi connectivity index (χ1v) is 3.75. The predicted octanol–water partition coefficient (Wildman–Crippen LogP) is 1.08. The zero-order chi connectivity index (χ0) is 10.7. The van der Waals surface area contributed by atoms with E-state index in [-0.39, 0.29) is 11.3 Å².